The number of amides is 1. The lowest BCUT2D eigenvalue weighted by molar-refractivity contribution is -0.142. The van der Waals surface area contributed by atoms with Gasteiger partial charge in [0.05, 0.1) is 5.60 Å². The van der Waals surface area contributed by atoms with Gasteiger partial charge >= 0.3 is 0 Å². The Kier molecular flexibility index (Phi) is 4.11. The van der Waals surface area contributed by atoms with E-state index in [4.69, 9.17) is 10.5 Å². The van der Waals surface area contributed by atoms with Crippen molar-refractivity contribution in [2.75, 3.05) is 26.7 Å². The highest BCUT2D eigenvalue weighted by molar-refractivity contribution is 5.78. The molecular weight excluding hydrogens is 192 g/mol. The SMILES string of the molecule is COC1(C)CCCN(C(=O)C(C)CN)C1. The first-order chi connectivity index (χ1) is 7.02. The molecule has 2 N–H and O–H groups in total. The summed E-state index contributed by atoms with van der Waals surface area (Å²) in [5, 5.41) is 0. The van der Waals surface area contributed by atoms with Gasteiger partial charge in [0.25, 0.3) is 0 Å². The van der Waals surface area contributed by atoms with E-state index in [0.29, 0.717) is 13.1 Å². The highest BCUT2D eigenvalue weighted by Gasteiger charge is 2.33. The van der Waals surface area contributed by atoms with E-state index in [9.17, 15) is 4.79 Å². The van der Waals surface area contributed by atoms with Crippen LogP contribution in [0.5, 0.6) is 0 Å². The molecule has 4 nitrogen and oxygen atoms in total. The largest absolute Gasteiger partial charge is 0.377 e. The van der Waals surface area contributed by atoms with Gasteiger partial charge in [-0.2, -0.15) is 0 Å². The van der Waals surface area contributed by atoms with E-state index in [1.54, 1.807) is 7.11 Å². The zero-order valence-electron chi connectivity index (χ0n) is 9.95. The lowest BCUT2D eigenvalue weighted by Crippen LogP contribution is -2.51. The fourth-order valence-corrected chi connectivity index (χ4v) is 1.97. The van der Waals surface area contributed by atoms with E-state index in [0.717, 1.165) is 19.4 Å². The Morgan fingerprint density at radius 3 is 2.87 bits per heavy atom. The predicted octanol–water partition coefficient (Wildman–Crippen LogP) is 0.609. The van der Waals surface area contributed by atoms with Crippen molar-refractivity contribution in [1.29, 1.82) is 0 Å². The topological polar surface area (TPSA) is 55.6 Å². The van der Waals surface area contributed by atoms with Gasteiger partial charge in [0.15, 0.2) is 0 Å². The molecule has 0 aromatic carbocycles. The molecule has 2 unspecified atom stereocenters. The Bertz CT molecular complexity index is 233. The molecule has 1 saturated heterocycles. The lowest BCUT2D eigenvalue weighted by Gasteiger charge is -2.40. The maximum Gasteiger partial charge on any atom is 0.226 e. The molecular formula is C11H22N2O2. The van der Waals surface area contributed by atoms with Gasteiger partial charge < -0.3 is 15.4 Å². The van der Waals surface area contributed by atoms with E-state index in [-0.39, 0.29) is 17.4 Å². The first kappa shape index (κ1) is 12.5. The molecule has 1 amide bonds. The van der Waals surface area contributed by atoms with Crippen molar-refractivity contribution in [1.82, 2.24) is 4.90 Å². The summed E-state index contributed by atoms with van der Waals surface area (Å²) >= 11 is 0. The van der Waals surface area contributed by atoms with Crippen molar-refractivity contribution in [3.63, 3.8) is 0 Å². The first-order valence-corrected chi connectivity index (χ1v) is 5.56. The molecule has 1 heterocycles. The van der Waals surface area contributed by atoms with Crippen LogP contribution in [0.4, 0.5) is 0 Å². The fraction of sp³-hybridized carbons (Fsp3) is 0.909. The van der Waals surface area contributed by atoms with Crippen LogP contribution < -0.4 is 5.73 Å². The van der Waals surface area contributed by atoms with Crippen molar-refractivity contribution in [3.8, 4) is 0 Å². The van der Waals surface area contributed by atoms with Crippen LogP contribution in [-0.4, -0.2) is 43.2 Å². The maximum absolute atomic E-state index is 11.9. The molecule has 1 aliphatic heterocycles. The minimum Gasteiger partial charge on any atom is -0.377 e. The average molecular weight is 214 g/mol. The van der Waals surface area contributed by atoms with Crippen LogP contribution in [0.2, 0.25) is 0 Å². The third-order valence-electron chi connectivity index (χ3n) is 3.24. The van der Waals surface area contributed by atoms with Gasteiger partial charge in [0.2, 0.25) is 5.91 Å². The molecule has 1 aliphatic rings. The number of hydrogen-bond donors (Lipinski definition) is 1. The van der Waals surface area contributed by atoms with E-state index in [2.05, 4.69) is 6.92 Å². The molecule has 0 aliphatic carbocycles. The van der Waals surface area contributed by atoms with Gasteiger partial charge in [-0.3, -0.25) is 4.79 Å². The minimum atomic E-state index is -0.178. The predicted molar refractivity (Wildman–Crippen MR) is 59.4 cm³/mol. The molecule has 0 bridgehead atoms. The molecule has 1 fully saturated rings. The summed E-state index contributed by atoms with van der Waals surface area (Å²) in [7, 11) is 1.71. The molecule has 2 atom stereocenters. The van der Waals surface area contributed by atoms with Gasteiger partial charge in [0, 0.05) is 32.7 Å². The molecule has 88 valence electrons. The number of rotatable bonds is 3. The Labute approximate surface area is 91.8 Å². The average Bonchev–Trinajstić information content (AvgIpc) is 2.27. The quantitative estimate of drug-likeness (QED) is 0.749. The van der Waals surface area contributed by atoms with Crippen LogP contribution in [0.3, 0.4) is 0 Å². The van der Waals surface area contributed by atoms with Gasteiger partial charge in [-0.1, -0.05) is 6.92 Å². The number of piperidine rings is 1. The van der Waals surface area contributed by atoms with Crippen molar-refractivity contribution in [2.45, 2.75) is 32.3 Å². The number of ether oxygens (including phenoxy) is 1. The highest BCUT2D eigenvalue weighted by Crippen LogP contribution is 2.24. The number of likely N-dealkylation sites (tertiary alicyclic amines) is 1. The summed E-state index contributed by atoms with van der Waals surface area (Å²) in [4.78, 5) is 13.8. The van der Waals surface area contributed by atoms with E-state index in [1.807, 2.05) is 11.8 Å². The number of nitrogens with two attached hydrogens (primary N) is 1. The lowest BCUT2D eigenvalue weighted by atomic mass is 9.94. The summed E-state index contributed by atoms with van der Waals surface area (Å²) in [6.45, 7) is 5.87. The second kappa shape index (κ2) is 4.94. The standard InChI is InChI=1S/C11H22N2O2/c1-9(7-12)10(14)13-6-4-5-11(2,8-13)15-3/h9H,4-8,12H2,1-3H3. The summed E-state index contributed by atoms with van der Waals surface area (Å²) in [6, 6.07) is 0. The molecule has 0 aromatic heterocycles. The fourth-order valence-electron chi connectivity index (χ4n) is 1.97. The van der Waals surface area contributed by atoms with Gasteiger partial charge in [0.1, 0.15) is 0 Å². The Morgan fingerprint density at radius 1 is 1.67 bits per heavy atom. The molecule has 0 saturated carbocycles. The van der Waals surface area contributed by atoms with Gasteiger partial charge in [-0.15, -0.1) is 0 Å². The highest BCUT2D eigenvalue weighted by atomic mass is 16.5. The zero-order valence-corrected chi connectivity index (χ0v) is 9.95. The normalized spacial score (nSPS) is 28.9. The van der Waals surface area contributed by atoms with Crippen LogP contribution in [0, 0.1) is 5.92 Å². The van der Waals surface area contributed by atoms with Gasteiger partial charge in [-0.05, 0) is 19.8 Å². The van der Waals surface area contributed by atoms with Crippen molar-refractivity contribution in [3.05, 3.63) is 0 Å². The molecule has 0 aromatic rings. The Balaban J connectivity index is 2.60. The van der Waals surface area contributed by atoms with Crippen molar-refractivity contribution in [2.24, 2.45) is 11.7 Å². The molecule has 4 heteroatoms. The smallest absolute Gasteiger partial charge is 0.226 e. The Morgan fingerprint density at radius 2 is 2.33 bits per heavy atom. The summed E-state index contributed by atoms with van der Waals surface area (Å²) in [6.07, 6.45) is 2.03. The van der Waals surface area contributed by atoms with Crippen LogP contribution in [0.1, 0.15) is 26.7 Å². The van der Waals surface area contributed by atoms with Crippen LogP contribution in [-0.2, 0) is 9.53 Å². The number of methoxy groups -OCH3 is 1. The monoisotopic (exact) mass is 214 g/mol. The summed E-state index contributed by atoms with van der Waals surface area (Å²) < 4.78 is 5.45. The zero-order chi connectivity index (χ0) is 11.5. The second-order valence-electron chi connectivity index (χ2n) is 4.65. The number of nitrogens with zero attached hydrogens (tertiary/aromatic N) is 1. The van der Waals surface area contributed by atoms with Crippen LogP contribution in [0.25, 0.3) is 0 Å². The molecule has 15 heavy (non-hydrogen) atoms. The second-order valence-corrected chi connectivity index (χ2v) is 4.65. The maximum atomic E-state index is 11.9. The van der Waals surface area contributed by atoms with E-state index in [1.165, 1.54) is 0 Å². The molecule has 0 spiro atoms. The summed E-state index contributed by atoms with van der Waals surface area (Å²) in [5.74, 6) is 0.0738. The van der Waals surface area contributed by atoms with Crippen molar-refractivity contribution < 1.29 is 9.53 Å². The van der Waals surface area contributed by atoms with Crippen LogP contribution in [0.15, 0.2) is 0 Å². The minimum absolute atomic E-state index is 0.0794. The first-order valence-electron chi connectivity index (χ1n) is 5.56. The molecule has 0 radical (unpaired) electrons. The van der Waals surface area contributed by atoms with E-state index >= 15 is 0 Å². The summed E-state index contributed by atoms with van der Waals surface area (Å²) in [5.41, 5.74) is 5.32. The van der Waals surface area contributed by atoms with Crippen LogP contribution >= 0.6 is 0 Å². The third-order valence-corrected chi connectivity index (χ3v) is 3.24. The Hall–Kier alpha value is -0.610. The van der Waals surface area contributed by atoms with E-state index < -0.39 is 0 Å². The number of hydrogen-bond acceptors (Lipinski definition) is 3. The van der Waals surface area contributed by atoms with Crippen molar-refractivity contribution >= 4 is 5.91 Å². The number of carbonyl (C=O) groups is 1. The van der Waals surface area contributed by atoms with Gasteiger partial charge in [-0.25, -0.2) is 0 Å². The molecule has 1 rings (SSSR count). The third kappa shape index (κ3) is 2.92. The number of carbonyl (C=O) groups excluding carboxylic acids is 1.